The second-order valence-electron chi connectivity index (χ2n) is 6.63. The lowest BCUT2D eigenvalue weighted by Crippen LogP contribution is -2.26. The van der Waals surface area contributed by atoms with Crippen molar-refractivity contribution in [2.24, 2.45) is 0 Å². The minimum atomic E-state index is -5.09. The van der Waals surface area contributed by atoms with Crippen LogP contribution in [0.2, 0.25) is 5.02 Å². The first-order chi connectivity index (χ1) is 15.5. The van der Waals surface area contributed by atoms with Gasteiger partial charge in [-0.15, -0.1) is 13.2 Å². The number of hydrogen-bond acceptors (Lipinski definition) is 5. The van der Waals surface area contributed by atoms with Crippen LogP contribution in [0.5, 0.6) is 11.5 Å². The molecule has 174 valence electrons. The first kappa shape index (κ1) is 24.3. The molecule has 0 aliphatic heterocycles. The van der Waals surface area contributed by atoms with Crippen LogP contribution in [0.4, 0.5) is 23.2 Å². The lowest BCUT2D eigenvalue weighted by molar-refractivity contribution is -0.274. The quantitative estimate of drug-likeness (QED) is 0.379. The summed E-state index contributed by atoms with van der Waals surface area (Å²) in [5.41, 5.74) is -0.283. The second kappa shape index (κ2) is 10.1. The number of benzene rings is 2. The summed E-state index contributed by atoms with van der Waals surface area (Å²) in [6.45, 7) is -0.0419. The summed E-state index contributed by atoms with van der Waals surface area (Å²) in [5.74, 6) is -3.85. The van der Waals surface area contributed by atoms with Gasteiger partial charge in [0.15, 0.2) is 17.3 Å². The van der Waals surface area contributed by atoms with Crippen LogP contribution in [0.15, 0.2) is 47.2 Å². The van der Waals surface area contributed by atoms with E-state index in [9.17, 15) is 32.3 Å². The van der Waals surface area contributed by atoms with Gasteiger partial charge >= 0.3 is 6.36 Å². The first-order valence-corrected chi connectivity index (χ1v) is 10.5. The van der Waals surface area contributed by atoms with Crippen LogP contribution in [0.25, 0.3) is 0 Å². The van der Waals surface area contributed by atoms with Crippen molar-refractivity contribution < 1.29 is 37.0 Å². The maximum atomic E-state index is 13.6. The van der Waals surface area contributed by atoms with E-state index in [1.807, 2.05) is 0 Å². The molecule has 0 radical (unpaired) electrons. The third-order valence-corrected chi connectivity index (χ3v) is 5.17. The number of halogens is 5. The number of anilines is 1. The molecule has 0 spiro atoms. The Morgan fingerprint density at radius 3 is 2.48 bits per heavy atom. The maximum absolute atomic E-state index is 13.6. The average Bonchev–Trinajstić information content (AvgIpc) is 3.26. The van der Waals surface area contributed by atoms with Crippen LogP contribution in [0.3, 0.4) is 0 Å². The number of ether oxygens (including phenoxy) is 1. The zero-order chi connectivity index (χ0) is 24.2. The Morgan fingerprint density at radius 2 is 1.85 bits per heavy atom. The standard InChI is InChI=1S/C21H15ClF4N2O4S/c22-14-7-11(3-5-27-19(30)13-4-6-33-10-13)18(32-21(24,25)26)16(9-14)28-20(31)12-1-2-17(29)15(23)8-12/h1-2,4,6-10,29H,3,5H2,(H,27,30)(H,28,31). The molecule has 33 heavy (non-hydrogen) atoms. The molecule has 0 unspecified atom stereocenters. The lowest BCUT2D eigenvalue weighted by atomic mass is 10.1. The van der Waals surface area contributed by atoms with Gasteiger partial charge in [0.2, 0.25) is 0 Å². The number of rotatable bonds is 7. The van der Waals surface area contributed by atoms with Crippen LogP contribution >= 0.6 is 22.9 Å². The van der Waals surface area contributed by atoms with E-state index in [2.05, 4.69) is 15.4 Å². The van der Waals surface area contributed by atoms with E-state index < -0.39 is 41.2 Å². The van der Waals surface area contributed by atoms with Crippen molar-refractivity contribution in [1.29, 1.82) is 0 Å². The van der Waals surface area contributed by atoms with Gasteiger partial charge < -0.3 is 20.5 Å². The van der Waals surface area contributed by atoms with Gasteiger partial charge in [0, 0.05) is 28.1 Å². The molecule has 0 fully saturated rings. The highest BCUT2D eigenvalue weighted by Gasteiger charge is 2.34. The molecular weight excluding hydrogens is 488 g/mol. The van der Waals surface area contributed by atoms with E-state index >= 15 is 0 Å². The van der Waals surface area contributed by atoms with Gasteiger partial charge in [0.1, 0.15) is 0 Å². The SMILES string of the molecule is O=C(NCCc1cc(Cl)cc(NC(=O)c2ccc(O)c(F)c2)c1OC(F)(F)F)c1ccsc1. The number of amides is 2. The zero-order valence-electron chi connectivity index (χ0n) is 16.5. The van der Waals surface area contributed by atoms with Crippen LogP contribution in [0, 0.1) is 5.82 Å². The third kappa shape index (κ3) is 6.59. The summed E-state index contributed by atoms with van der Waals surface area (Å²) in [6.07, 6.45) is -5.19. The number of thiophene rings is 1. The fourth-order valence-electron chi connectivity index (χ4n) is 2.81. The van der Waals surface area contributed by atoms with E-state index in [-0.39, 0.29) is 29.1 Å². The summed E-state index contributed by atoms with van der Waals surface area (Å²) in [6, 6.07) is 6.60. The Morgan fingerprint density at radius 1 is 1.09 bits per heavy atom. The van der Waals surface area contributed by atoms with Crippen molar-refractivity contribution in [3.05, 3.63) is 74.7 Å². The van der Waals surface area contributed by atoms with Gasteiger partial charge in [0.05, 0.1) is 5.69 Å². The van der Waals surface area contributed by atoms with Gasteiger partial charge in [-0.05, 0) is 53.8 Å². The molecular formula is C21H15ClF4N2O4S. The van der Waals surface area contributed by atoms with Crippen molar-refractivity contribution in [2.45, 2.75) is 12.8 Å². The Hall–Kier alpha value is -3.31. The molecule has 2 amide bonds. The van der Waals surface area contributed by atoms with Crippen LogP contribution < -0.4 is 15.4 Å². The number of phenolic OH excluding ortho intramolecular Hbond substituents is 1. The molecule has 3 rings (SSSR count). The number of alkyl halides is 3. The highest BCUT2D eigenvalue weighted by molar-refractivity contribution is 7.08. The molecule has 1 heterocycles. The van der Waals surface area contributed by atoms with Crippen molar-refractivity contribution in [1.82, 2.24) is 5.32 Å². The predicted octanol–water partition coefficient (Wildman–Crippen LogP) is 5.37. The Kier molecular flexibility index (Phi) is 7.44. The molecule has 3 aromatic rings. The summed E-state index contributed by atoms with van der Waals surface area (Å²) in [7, 11) is 0. The molecule has 0 aliphatic carbocycles. The molecule has 2 aromatic carbocycles. The number of nitrogens with one attached hydrogen (secondary N) is 2. The van der Waals surface area contributed by atoms with Crippen molar-refractivity contribution >= 4 is 40.4 Å². The largest absolute Gasteiger partial charge is 0.573 e. The monoisotopic (exact) mass is 502 g/mol. The van der Waals surface area contributed by atoms with Gasteiger partial charge in [-0.1, -0.05) is 11.6 Å². The van der Waals surface area contributed by atoms with Gasteiger partial charge in [0.25, 0.3) is 11.8 Å². The normalized spacial score (nSPS) is 11.2. The predicted molar refractivity (Wildman–Crippen MR) is 115 cm³/mol. The molecule has 0 saturated heterocycles. The highest BCUT2D eigenvalue weighted by atomic mass is 35.5. The Labute approximate surface area is 193 Å². The summed E-state index contributed by atoms with van der Waals surface area (Å²) in [5, 5.41) is 17.4. The minimum absolute atomic E-state index is 0.00382. The molecule has 0 bridgehead atoms. The van der Waals surface area contributed by atoms with Gasteiger partial charge in [-0.3, -0.25) is 9.59 Å². The van der Waals surface area contributed by atoms with E-state index in [4.69, 9.17) is 11.6 Å². The molecule has 1 aromatic heterocycles. The van der Waals surface area contributed by atoms with Crippen molar-refractivity contribution in [2.75, 3.05) is 11.9 Å². The molecule has 3 N–H and O–H groups in total. The van der Waals surface area contributed by atoms with E-state index in [0.29, 0.717) is 5.56 Å². The summed E-state index contributed by atoms with van der Waals surface area (Å²) < 4.78 is 56.9. The molecule has 0 aliphatic rings. The average molecular weight is 503 g/mol. The summed E-state index contributed by atoms with van der Waals surface area (Å²) in [4.78, 5) is 24.5. The Bertz CT molecular complexity index is 1170. The van der Waals surface area contributed by atoms with E-state index in [1.165, 1.54) is 17.4 Å². The topological polar surface area (TPSA) is 87.7 Å². The van der Waals surface area contributed by atoms with Crippen molar-refractivity contribution in [3.63, 3.8) is 0 Å². The molecule has 12 heteroatoms. The first-order valence-electron chi connectivity index (χ1n) is 9.22. The third-order valence-electron chi connectivity index (χ3n) is 4.27. The number of carbonyl (C=O) groups excluding carboxylic acids is 2. The molecule has 0 saturated carbocycles. The minimum Gasteiger partial charge on any atom is -0.505 e. The number of phenols is 1. The van der Waals surface area contributed by atoms with E-state index in [1.54, 1.807) is 16.8 Å². The maximum Gasteiger partial charge on any atom is 0.573 e. The number of hydrogen-bond donors (Lipinski definition) is 3. The van der Waals surface area contributed by atoms with E-state index in [0.717, 1.165) is 24.3 Å². The lowest BCUT2D eigenvalue weighted by Gasteiger charge is -2.18. The zero-order valence-corrected chi connectivity index (χ0v) is 18.1. The fraction of sp³-hybridized carbons (Fsp3) is 0.143. The molecule has 0 atom stereocenters. The van der Waals surface area contributed by atoms with Crippen LogP contribution in [0.1, 0.15) is 26.3 Å². The number of aromatic hydroxyl groups is 1. The van der Waals surface area contributed by atoms with Crippen LogP contribution in [-0.2, 0) is 6.42 Å². The van der Waals surface area contributed by atoms with Gasteiger partial charge in [-0.25, -0.2) is 4.39 Å². The van der Waals surface area contributed by atoms with Crippen LogP contribution in [-0.4, -0.2) is 29.8 Å². The fourth-order valence-corrected chi connectivity index (χ4v) is 3.69. The van der Waals surface area contributed by atoms with Crippen molar-refractivity contribution in [3.8, 4) is 11.5 Å². The van der Waals surface area contributed by atoms with Gasteiger partial charge in [-0.2, -0.15) is 11.3 Å². The second-order valence-corrected chi connectivity index (χ2v) is 7.84. The molecule has 6 nitrogen and oxygen atoms in total. The number of carbonyl (C=O) groups is 2. The smallest absolute Gasteiger partial charge is 0.505 e. The highest BCUT2D eigenvalue weighted by Crippen LogP contribution is 2.37. The summed E-state index contributed by atoms with van der Waals surface area (Å²) >= 11 is 7.34. The Balaban J connectivity index is 1.85.